The first-order valence-electron chi connectivity index (χ1n) is 7.20. The van der Waals surface area contributed by atoms with Gasteiger partial charge in [-0.2, -0.15) is 0 Å². The highest BCUT2D eigenvalue weighted by molar-refractivity contribution is 6.31. The number of rotatable bonds is 3. The number of hydrogen-bond donors (Lipinski definition) is 1. The quantitative estimate of drug-likeness (QED) is 0.912. The van der Waals surface area contributed by atoms with Gasteiger partial charge >= 0.3 is 0 Å². The Hall–Kier alpha value is -0.640. The van der Waals surface area contributed by atoms with Gasteiger partial charge in [-0.1, -0.05) is 30.7 Å². The minimum atomic E-state index is -0.336. The van der Waals surface area contributed by atoms with Crippen LogP contribution in [0.15, 0.2) is 18.2 Å². The van der Waals surface area contributed by atoms with Crippen LogP contribution in [0.5, 0.6) is 0 Å². The lowest BCUT2D eigenvalue weighted by Gasteiger charge is -2.51. The highest BCUT2D eigenvalue weighted by atomic mass is 35.5. The minimum Gasteiger partial charge on any atom is -0.309 e. The average molecular weight is 299 g/mol. The first-order valence-corrected chi connectivity index (χ1v) is 7.58. The van der Waals surface area contributed by atoms with Crippen molar-refractivity contribution in [2.45, 2.75) is 51.7 Å². The number of hydrogen-bond acceptors (Lipinski definition) is 2. The third kappa shape index (κ3) is 3.16. The van der Waals surface area contributed by atoms with E-state index in [4.69, 9.17) is 11.6 Å². The van der Waals surface area contributed by atoms with Crippen LogP contribution in [0.25, 0.3) is 0 Å². The molecule has 1 atom stereocenters. The van der Waals surface area contributed by atoms with Crippen LogP contribution in [0.2, 0.25) is 5.02 Å². The molecular formula is C16H24ClFN2. The van der Waals surface area contributed by atoms with Crippen LogP contribution in [0.1, 0.15) is 39.7 Å². The summed E-state index contributed by atoms with van der Waals surface area (Å²) >= 11 is 6.10. The van der Waals surface area contributed by atoms with E-state index in [1.54, 1.807) is 6.07 Å². The zero-order valence-corrected chi connectivity index (χ0v) is 13.5. The standard InChI is InChI=1S/C16H24ClFN2/c1-5-16(4)10-19-15(2,3)11-20(16)9-12-7-6-8-13(18)14(12)17/h6-8,19H,5,9-11H2,1-4H3. The van der Waals surface area contributed by atoms with Crippen molar-refractivity contribution >= 4 is 11.6 Å². The molecule has 1 aliphatic rings. The molecule has 2 nitrogen and oxygen atoms in total. The van der Waals surface area contributed by atoms with Crippen LogP contribution >= 0.6 is 11.6 Å². The Labute approximate surface area is 126 Å². The molecule has 0 aliphatic carbocycles. The molecule has 1 aliphatic heterocycles. The Morgan fingerprint density at radius 3 is 2.70 bits per heavy atom. The zero-order valence-electron chi connectivity index (χ0n) is 12.8. The van der Waals surface area contributed by atoms with E-state index >= 15 is 0 Å². The summed E-state index contributed by atoms with van der Waals surface area (Å²) in [5.74, 6) is -0.336. The minimum absolute atomic E-state index is 0.0640. The molecule has 20 heavy (non-hydrogen) atoms. The highest BCUT2D eigenvalue weighted by Gasteiger charge is 2.39. The van der Waals surface area contributed by atoms with Crippen LogP contribution in [-0.2, 0) is 6.54 Å². The van der Waals surface area contributed by atoms with Crippen LogP contribution in [0.4, 0.5) is 4.39 Å². The maximum atomic E-state index is 13.6. The van der Waals surface area contributed by atoms with Crippen LogP contribution < -0.4 is 5.32 Å². The lowest BCUT2D eigenvalue weighted by molar-refractivity contribution is 0.0175. The molecule has 0 aromatic heterocycles. The third-order valence-electron chi connectivity index (χ3n) is 4.45. The van der Waals surface area contributed by atoms with E-state index in [1.807, 2.05) is 6.07 Å². The molecule has 0 radical (unpaired) electrons. The molecule has 1 heterocycles. The van der Waals surface area contributed by atoms with Gasteiger partial charge in [0.15, 0.2) is 0 Å². The number of nitrogens with one attached hydrogen (secondary N) is 1. The normalized spacial score (nSPS) is 26.7. The van der Waals surface area contributed by atoms with Gasteiger partial charge in [-0.05, 0) is 38.8 Å². The Kier molecular flexibility index (Phi) is 4.43. The molecule has 0 spiro atoms. The van der Waals surface area contributed by atoms with E-state index in [1.165, 1.54) is 6.07 Å². The molecule has 1 aromatic carbocycles. The van der Waals surface area contributed by atoms with E-state index in [0.717, 1.165) is 25.1 Å². The maximum Gasteiger partial charge on any atom is 0.142 e. The Morgan fingerprint density at radius 1 is 1.35 bits per heavy atom. The van der Waals surface area contributed by atoms with Crippen molar-refractivity contribution in [3.63, 3.8) is 0 Å². The van der Waals surface area contributed by atoms with Gasteiger partial charge in [-0.25, -0.2) is 4.39 Å². The maximum absolute atomic E-state index is 13.6. The van der Waals surface area contributed by atoms with Gasteiger partial charge in [0.2, 0.25) is 0 Å². The number of benzene rings is 1. The van der Waals surface area contributed by atoms with E-state index in [2.05, 4.69) is 37.9 Å². The van der Waals surface area contributed by atoms with Gasteiger partial charge in [0.1, 0.15) is 5.82 Å². The topological polar surface area (TPSA) is 15.3 Å². The summed E-state index contributed by atoms with van der Waals surface area (Å²) in [5, 5.41) is 3.85. The molecule has 1 unspecified atom stereocenters. The second-order valence-electron chi connectivity index (χ2n) is 6.66. The van der Waals surface area contributed by atoms with E-state index < -0.39 is 0 Å². The Balaban J connectivity index is 2.26. The van der Waals surface area contributed by atoms with Gasteiger partial charge in [-0.3, -0.25) is 4.90 Å². The van der Waals surface area contributed by atoms with E-state index in [-0.39, 0.29) is 21.9 Å². The first-order chi connectivity index (χ1) is 9.27. The molecule has 0 saturated carbocycles. The van der Waals surface area contributed by atoms with Crippen molar-refractivity contribution in [1.29, 1.82) is 0 Å². The van der Waals surface area contributed by atoms with Crippen molar-refractivity contribution in [3.8, 4) is 0 Å². The number of piperazine rings is 1. The van der Waals surface area contributed by atoms with Gasteiger partial charge in [0.25, 0.3) is 0 Å². The monoisotopic (exact) mass is 298 g/mol. The van der Waals surface area contributed by atoms with Crippen LogP contribution in [0.3, 0.4) is 0 Å². The predicted octanol–water partition coefficient (Wildman–Crippen LogP) is 3.83. The molecule has 0 bridgehead atoms. The SMILES string of the molecule is CCC1(C)CNC(C)(C)CN1Cc1cccc(F)c1Cl. The second-order valence-corrected chi connectivity index (χ2v) is 7.03. The summed E-state index contributed by atoms with van der Waals surface area (Å²) in [7, 11) is 0. The lowest BCUT2D eigenvalue weighted by atomic mass is 9.87. The van der Waals surface area contributed by atoms with Crippen molar-refractivity contribution < 1.29 is 4.39 Å². The molecule has 4 heteroatoms. The fourth-order valence-electron chi connectivity index (χ4n) is 2.74. The highest BCUT2D eigenvalue weighted by Crippen LogP contribution is 2.30. The van der Waals surface area contributed by atoms with Crippen molar-refractivity contribution in [1.82, 2.24) is 10.2 Å². The summed E-state index contributed by atoms with van der Waals surface area (Å²) in [5.41, 5.74) is 1.00. The molecule has 1 aromatic rings. The summed E-state index contributed by atoms with van der Waals surface area (Å²) in [6.07, 6.45) is 1.04. The molecular weight excluding hydrogens is 275 g/mol. The van der Waals surface area contributed by atoms with Crippen molar-refractivity contribution in [3.05, 3.63) is 34.6 Å². The van der Waals surface area contributed by atoms with Gasteiger partial charge in [0.05, 0.1) is 5.02 Å². The fourth-order valence-corrected chi connectivity index (χ4v) is 2.92. The summed E-state index contributed by atoms with van der Waals surface area (Å²) < 4.78 is 13.6. The van der Waals surface area contributed by atoms with E-state index in [0.29, 0.717) is 6.54 Å². The summed E-state index contributed by atoms with van der Waals surface area (Å²) in [6, 6.07) is 5.05. The van der Waals surface area contributed by atoms with Crippen molar-refractivity contribution in [2.24, 2.45) is 0 Å². The van der Waals surface area contributed by atoms with Crippen LogP contribution in [-0.4, -0.2) is 29.1 Å². The molecule has 0 amide bonds. The molecule has 1 N–H and O–H groups in total. The zero-order chi connectivity index (χ0) is 15.0. The molecule has 2 rings (SSSR count). The van der Waals surface area contributed by atoms with Gasteiger partial charge in [0, 0.05) is 30.7 Å². The summed E-state index contributed by atoms with van der Waals surface area (Å²) in [4.78, 5) is 2.42. The van der Waals surface area contributed by atoms with Crippen LogP contribution in [0, 0.1) is 5.82 Å². The van der Waals surface area contributed by atoms with Gasteiger partial charge in [-0.15, -0.1) is 0 Å². The fraction of sp³-hybridized carbons (Fsp3) is 0.625. The van der Waals surface area contributed by atoms with Gasteiger partial charge < -0.3 is 5.32 Å². The molecule has 1 fully saturated rings. The average Bonchev–Trinajstić information content (AvgIpc) is 2.39. The van der Waals surface area contributed by atoms with E-state index in [9.17, 15) is 4.39 Å². The number of halogens is 2. The smallest absolute Gasteiger partial charge is 0.142 e. The lowest BCUT2D eigenvalue weighted by Crippen LogP contribution is -2.66. The first kappa shape index (κ1) is 15.7. The summed E-state index contributed by atoms with van der Waals surface area (Å²) in [6.45, 7) is 11.4. The molecule has 112 valence electrons. The van der Waals surface area contributed by atoms with Crippen molar-refractivity contribution in [2.75, 3.05) is 13.1 Å². The predicted molar refractivity (Wildman–Crippen MR) is 82.6 cm³/mol. The second kappa shape index (κ2) is 5.63. The third-order valence-corrected chi connectivity index (χ3v) is 4.88. The molecule has 1 saturated heterocycles. The number of nitrogens with zero attached hydrogens (tertiary/aromatic N) is 1. The largest absolute Gasteiger partial charge is 0.309 e. The Morgan fingerprint density at radius 2 is 2.05 bits per heavy atom. The Bertz CT molecular complexity index is 489.